The first-order valence-electron chi connectivity index (χ1n) is 6.44. The summed E-state index contributed by atoms with van der Waals surface area (Å²) >= 11 is 0. The van der Waals surface area contributed by atoms with E-state index in [1.807, 2.05) is 0 Å². The Bertz CT molecular complexity index is 664. The molecular weight excluding hydrogens is 305 g/mol. The van der Waals surface area contributed by atoms with Crippen molar-refractivity contribution in [2.45, 2.75) is 17.4 Å². The largest absolute Gasteiger partial charge is 0.330 e. The van der Waals surface area contributed by atoms with Crippen molar-refractivity contribution in [3.05, 3.63) is 29.1 Å². The smallest absolute Gasteiger partial charge is 0.181 e. The van der Waals surface area contributed by atoms with Crippen LogP contribution in [0.2, 0.25) is 0 Å². The molecule has 1 heterocycles. The molecule has 2 rings (SSSR count). The van der Waals surface area contributed by atoms with Crippen molar-refractivity contribution in [3.63, 3.8) is 0 Å². The van der Waals surface area contributed by atoms with Crippen LogP contribution in [0.5, 0.6) is 0 Å². The van der Waals surface area contributed by atoms with Crippen molar-refractivity contribution in [1.29, 1.82) is 0 Å². The van der Waals surface area contributed by atoms with E-state index in [1.165, 1.54) is 0 Å². The van der Waals surface area contributed by atoms with Gasteiger partial charge in [-0.15, -0.1) is 0 Å². The quantitative estimate of drug-likeness (QED) is 0.856. The highest BCUT2D eigenvalue weighted by Gasteiger charge is 2.35. The average molecular weight is 322 g/mol. The van der Waals surface area contributed by atoms with Gasteiger partial charge in [0.15, 0.2) is 21.5 Å². The number of likely N-dealkylation sites (tertiary alicyclic amines) is 1. The van der Waals surface area contributed by atoms with E-state index in [2.05, 4.69) is 0 Å². The Morgan fingerprint density at radius 3 is 2.43 bits per heavy atom. The highest BCUT2D eigenvalue weighted by atomic mass is 32.2. The summed E-state index contributed by atoms with van der Waals surface area (Å²) in [6.45, 7) is 0.993. The van der Waals surface area contributed by atoms with Crippen LogP contribution >= 0.6 is 0 Å². The van der Waals surface area contributed by atoms with Crippen molar-refractivity contribution in [3.8, 4) is 0 Å². The Hall–Kier alpha value is -1.12. The molecule has 2 unspecified atom stereocenters. The van der Waals surface area contributed by atoms with Gasteiger partial charge in [-0.2, -0.15) is 0 Å². The number of sulfone groups is 1. The molecule has 2 N–H and O–H groups in total. The summed E-state index contributed by atoms with van der Waals surface area (Å²) in [4.78, 5) is 0.536. The minimum atomic E-state index is -4.18. The number of benzene rings is 1. The van der Waals surface area contributed by atoms with Gasteiger partial charge in [0.1, 0.15) is 10.7 Å². The number of hydrogen-bond donors (Lipinski definition) is 1. The molecule has 0 spiro atoms. The topological polar surface area (TPSA) is 63.4 Å². The molecule has 1 aliphatic heterocycles. The van der Waals surface area contributed by atoms with Crippen molar-refractivity contribution in [2.75, 3.05) is 26.4 Å². The monoisotopic (exact) mass is 322 g/mol. The summed E-state index contributed by atoms with van der Waals surface area (Å²) in [6, 6.07) is 0.255. The van der Waals surface area contributed by atoms with Gasteiger partial charge in [0.25, 0.3) is 0 Å². The summed E-state index contributed by atoms with van der Waals surface area (Å²) in [7, 11) is -2.47. The average Bonchev–Trinajstić information content (AvgIpc) is 2.73. The third kappa shape index (κ3) is 2.93. The Morgan fingerprint density at radius 2 is 1.95 bits per heavy atom. The molecule has 0 radical (unpaired) electrons. The van der Waals surface area contributed by atoms with Gasteiger partial charge in [0.2, 0.25) is 0 Å². The molecule has 1 aromatic carbocycles. The molecule has 1 aromatic rings. The second kappa shape index (κ2) is 5.58. The molecule has 1 fully saturated rings. The molecule has 1 saturated heterocycles. The van der Waals surface area contributed by atoms with Gasteiger partial charge in [0.05, 0.1) is 0 Å². The summed E-state index contributed by atoms with van der Waals surface area (Å²) in [6.07, 6.45) is 1.11. The molecule has 0 amide bonds. The summed E-state index contributed by atoms with van der Waals surface area (Å²) < 4.78 is 64.7. The number of rotatable bonds is 3. The van der Waals surface area contributed by atoms with Crippen LogP contribution < -0.4 is 5.73 Å². The first kappa shape index (κ1) is 16.3. The standard InChI is InChI=1S/C13H17F3N2O2S/c1-18-6-7(5-17)3-10(18)8-4-9(14)13(21(2,19)20)12(16)11(8)15/h4,7,10H,3,5-6,17H2,1-2H3. The van der Waals surface area contributed by atoms with Crippen LogP contribution in [0.3, 0.4) is 0 Å². The molecule has 0 aliphatic carbocycles. The van der Waals surface area contributed by atoms with Gasteiger partial charge in [-0.1, -0.05) is 0 Å². The fourth-order valence-electron chi connectivity index (χ4n) is 2.82. The predicted molar refractivity (Wildman–Crippen MR) is 72.0 cm³/mol. The van der Waals surface area contributed by atoms with Crippen molar-refractivity contribution in [1.82, 2.24) is 4.90 Å². The number of nitrogens with two attached hydrogens (primary N) is 1. The van der Waals surface area contributed by atoms with Crippen molar-refractivity contribution >= 4 is 9.84 Å². The Balaban J connectivity index is 2.53. The first-order chi connectivity index (χ1) is 9.66. The third-order valence-corrected chi connectivity index (χ3v) is 4.96. The van der Waals surface area contributed by atoms with Crippen molar-refractivity contribution in [2.24, 2.45) is 11.7 Å². The van der Waals surface area contributed by atoms with Gasteiger partial charge in [0, 0.05) is 24.4 Å². The van der Waals surface area contributed by atoms with Crippen LogP contribution in [-0.4, -0.2) is 39.7 Å². The fraction of sp³-hybridized carbons (Fsp3) is 0.538. The highest BCUT2D eigenvalue weighted by Crippen LogP contribution is 2.37. The molecule has 1 aliphatic rings. The molecule has 0 aromatic heterocycles. The number of halogens is 3. The second-order valence-electron chi connectivity index (χ2n) is 5.47. The van der Waals surface area contributed by atoms with E-state index in [9.17, 15) is 21.6 Å². The van der Waals surface area contributed by atoms with Crippen LogP contribution in [0, 0.1) is 23.4 Å². The predicted octanol–water partition coefficient (Wildman–Crippen LogP) is 1.46. The Kier molecular flexibility index (Phi) is 4.32. The van der Waals surface area contributed by atoms with E-state index in [1.54, 1.807) is 11.9 Å². The zero-order valence-electron chi connectivity index (χ0n) is 11.7. The zero-order valence-corrected chi connectivity index (χ0v) is 12.6. The molecule has 2 atom stereocenters. The van der Waals surface area contributed by atoms with Crippen LogP contribution in [-0.2, 0) is 9.84 Å². The maximum absolute atomic E-state index is 14.2. The molecule has 0 saturated carbocycles. The summed E-state index contributed by atoms with van der Waals surface area (Å²) in [5, 5.41) is 0. The molecular formula is C13H17F3N2O2S. The summed E-state index contributed by atoms with van der Waals surface area (Å²) in [5.41, 5.74) is 5.40. The van der Waals surface area contributed by atoms with E-state index in [-0.39, 0.29) is 11.5 Å². The second-order valence-corrected chi connectivity index (χ2v) is 7.42. The van der Waals surface area contributed by atoms with E-state index < -0.39 is 38.2 Å². The lowest BCUT2D eigenvalue weighted by molar-refractivity contribution is 0.301. The maximum atomic E-state index is 14.2. The minimum Gasteiger partial charge on any atom is -0.330 e. The van der Waals surface area contributed by atoms with Crippen molar-refractivity contribution < 1.29 is 21.6 Å². The Labute approximate surface area is 121 Å². The summed E-state index contributed by atoms with van der Waals surface area (Å²) in [5.74, 6) is -4.13. The van der Waals surface area contributed by atoms with Gasteiger partial charge < -0.3 is 5.73 Å². The lowest BCUT2D eigenvalue weighted by Gasteiger charge is -2.21. The lowest BCUT2D eigenvalue weighted by atomic mass is 9.99. The lowest BCUT2D eigenvalue weighted by Crippen LogP contribution is -2.22. The minimum absolute atomic E-state index is 0.111. The SMILES string of the molecule is CN1CC(CN)CC1c1cc(F)c(S(C)(=O)=O)c(F)c1F. The van der Waals surface area contributed by atoms with Gasteiger partial charge in [-0.3, -0.25) is 4.90 Å². The molecule has 21 heavy (non-hydrogen) atoms. The van der Waals surface area contributed by atoms with Gasteiger partial charge in [-0.25, -0.2) is 21.6 Å². The Morgan fingerprint density at radius 1 is 1.33 bits per heavy atom. The first-order valence-corrected chi connectivity index (χ1v) is 8.33. The van der Waals surface area contributed by atoms with Crippen LogP contribution in [0.25, 0.3) is 0 Å². The normalized spacial score (nSPS) is 23.7. The highest BCUT2D eigenvalue weighted by molar-refractivity contribution is 7.90. The van der Waals surface area contributed by atoms with Gasteiger partial charge >= 0.3 is 0 Å². The maximum Gasteiger partial charge on any atom is 0.181 e. The van der Waals surface area contributed by atoms with E-state index >= 15 is 0 Å². The molecule has 8 heteroatoms. The third-order valence-electron chi connectivity index (χ3n) is 3.84. The van der Waals surface area contributed by atoms with E-state index in [0.29, 0.717) is 25.8 Å². The fourth-order valence-corrected chi connectivity index (χ4v) is 3.65. The van der Waals surface area contributed by atoms with E-state index in [4.69, 9.17) is 5.73 Å². The molecule has 4 nitrogen and oxygen atoms in total. The van der Waals surface area contributed by atoms with Crippen LogP contribution in [0.4, 0.5) is 13.2 Å². The van der Waals surface area contributed by atoms with E-state index in [0.717, 1.165) is 6.07 Å². The van der Waals surface area contributed by atoms with Crippen LogP contribution in [0.15, 0.2) is 11.0 Å². The molecule has 118 valence electrons. The number of nitrogens with zero attached hydrogens (tertiary/aromatic N) is 1. The molecule has 0 bridgehead atoms. The van der Waals surface area contributed by atoms with Crippen LogP contribution in [0.1, 0.15) is 18.0 Å². The zero-order chi connectivity index (χ0) is 15.9. The van der Waals surface area contributed by atoms with Gasteiger partial charge in [-0.05, 0) is 32.0 Å². The number of hydrogen-bond acceptors (Lipinski definition) is 4.